The molecule has 0 unspecified atom stereocenters. The van der Waals surface area contributed by atoms with Crippen LogP contribution in [0.5, 0.6) is 5.75 Å². The Balaban J connectivity index is 1.15. The largest absolute Gasteiger partial charge is 0.497 e. The number of fused-ring (bicyclic) bond motifs is 1. The minimum absolute atomic E-state index is 0.0664. The van der Waals surface area contributed by atoms with Crippen LogP contribution in [0.25, 0.3) is 0 Å². The highest BCUT2D eigenvalue weighted by Crippen LogP contribution is 2.28. The maximum absolute atomic E-state index is 12.6. The molecule has 0 spiro atoms. The van der Waals surface area contributed by atoms with Crippen LogP contribution in [0.2, 0.25) is 0 Å². The maximum Gasteiger partial charge on any atom is 0.237 e. The molecule has 1 fully saturated rings. The number of rotatable bonds is 7. The van der Waals surface area contributed by atoms with E-state index in [1.165, 1.54) is 11.1 Å². The van der Waals surface area contributed by atoms with Gasteiger partial charge in [0.15, 0.2) is 0 Å². The molecule has 3 N–H and O–H groups in total. The fourth-order valence-electron chi connectivity index (χ4n) is 4.71. The Morgan fingerprint density at radius 1 is 0.938 bits per heavy atom. The predicted molar refractivity (Wildman–Crippen MR) is 124 cm³/mol. The summed E-state index contributed by atoms with van der Waals surface area (Å²) in [5.41, 5.74) is 3.60. The molecule has 1 atom stereocenters. The van der Waals surface area contributed by atoms with Gasteiger partial charge in [0.25, 0.3) is 0 Å². The van der Waals surface area contributed by atoms with Crippen LogP contribution >= 0.6 is 0 Å². The number of ether oxygens (including phenoxy) is 1. The maximum atomic E-state index is 12.6. The van der Waals surface area contributed by atoms with Crippen LogP contribution in [-0.2, 0) is 29.1 Å². The van der Waals surface area contributed by atoms with E-state index in [-0.39, 0.29) is 23.8 Å². The number of nitrogens with one attached hydrogen (secondary N) is 3. The van der Waals surface area contributed by atoms with E-state index in [4.69, 9.17) is 4.74 Å². The van der Waals surface area contributed by atoms with E-state index < -0.39 is 0 Å². The van der Waals surface area contributed by atoms with Crippen LogP contribution in [-0.4, -0.2) is 31.5 Å². The van der Waals surface area contributed by atoms with Crippen molar-refractivity contribution in [2.75, 3.05) is 13.7 Å². The van der Waals surface area contributed by atoms with Gasteiger partial charge in [-0.3, -0.25) is 9.59 Å². The van der Waals surface area contributed by atoms with Crippen molar-refractivity contribution < 1.29 is 14.3 Å². The van der Waals surface area contributed by atoms with Gasteiger partial charge in [-0.05, 0) is 66.8 Å². The second-order valence-corrected chi connectivity index (χ2v) is 8.94. The third-order valence-corrected chi connectivity index (χ3v) is 6.81. The molecule has 170 valence electrons. The molecule has 2 aromatic carbocycles. The third-order valence-electron chi connectivity index (χ3n) is 6.81. The van der Waals surface area contributed by atoms with E-state index in [2.05, 4.69) is 28.1 Å². The van der Waals surface area contributed by atoms with Gasteiger partial charge >= 0.3 is 0 Å². The fourth-order valence-corrected chi connectivity index (χ4v) is 4.71. The van der Waals surface area contributed by atoms with Crippen LogP contribution in [0.3, 0.4) is 0 Å². The zero-order chi connectivity index (χ0) is 22.3. The topological polar surface area (TPSA) is 79.5 Å². The van der Waals surface area contributed by atoms with Crippen LogP contribution in [0.1, 0.15) is 42.4 Å². The third kappa shape index (κ3) is 5.68. The minimum atomic E-state index is -0.162. The average molecular weight is 436 g/mol. The van der Waals surface area contributed by atoms with Crippen LogP contribution in [0.4, 0.5) is 0 Å². The lowest BCUT2D eigenvalue weighted by Gasteiger charge is -2.29. The van der Waals surface area contributed by atoms with Crippen molar-refractivity contribution >= 4 is 11.8 Å². The summed E-state index contributed by atoms with van der Waals surface area (Å²) in [6, 6.07) is 15.9. The summed E-state index contributed by atoms with van der Waals surface area (Å²) < 4.78 is 5.17. The van der Waals surface area contributed by atoms with E-state index in [0.717, 1.165) is 50.0 Å². The van der Waals surface area contributed by atoms with Crippen molar-refractivity contribution in [3.8, 4) is 5.75 Å². The molecule has 0 radical (unpaired) electrons. The summed E-state index contributed by atoms with van der Waals surface area (Å²) in [5, 5.41) is 9.55. The number of benzene rings is 2. The summed E-state index contributed by atoms with van der Waals surface area (Å²) in [6.45, 7) is 1.97. The first-order valence-electron chi connectivity index (χ1n) is 11.6. The van der Waals surface area contributed by atoms with Gasteiger partial charge in [-0.15, -0.1) is 0 Å². The van der Waals surface area contributed by atoms with E-state index in [0.29, 0.717) is 19.0 Å². The molecule has 0 aromatic heterocycles. The van der Waals surface area contributed by atoms with Gasteiger partial charge < -0.3 is 20.7 Å². The molecule has 1 heterocycles. The van der Waals surface area contributed by atoms with Crippen LogP contribution < -0.4 is 20.7 Å². The summed E-state index contributed by atoms with van der Waals surface area (Å²) in [6.07, 6.45) is 4.45. The first-order valence-corrected chi connectivity index (χ1v) is 11.6. The smallest absolute Gasteiger partial charge is 0.237 e. The Kier molecular flexibility index (Phi) is 7.43. The molecule has 2 aliphatic rings. The monoisotopic (exact) mass is 435 g/mol. The van der Waals surface area contributed by atoms with Gasteiger partial charge in [-0.2, -0.15) is 0 Å². The lowest BCUT2D eigenvalue weighted by molar-refractivity contribution is -0.127. The minimum Gasteiger partial charge on any atom is -0.497 e. The molecule has 2 amide bonds. The summed E-state index contributed by atoms with van der Waals surface area (Å²) in [4.78, 5) is 25.2. The number of hydrogen-bond acceptors (Lipinski definition) is 4. The number of methoxy groups -OCH3 is 1. The molecule has 6 heteroatoms. The lowest BCUT2D eigenvalue weighted by Crippen LogP contribution is -2.48. The van der Waals surface area contributed by atoms with Gasteiger partial charge in [-0.25, -0.2) is 0 Å². The normalized spacial score (nSPS) is 22.5. The molecule has 1 saturated carbocycles. The Labute approximate surface area is 190 Å². The molecule has 32 heavy (non-hydrogen) atoms. The molecule has 0 saturated heterocycles. The molecule has 4 rings (SSSR count). The SMILES string of the molecule is COc1ccc(CNC(=O)C2CCC(CNC(=O)[C@@H]3Cc4ccccc4CN3)CC2)cc1. The molecular formula is C26H33N3O3. The number of carbonyl (C=O) groups excluding carboxylic acids is 2. The molecule has 6 nitrogen and oxygen atoms in total. The van der Waals surface area contributed by atoms with Crippen molar-refractivity contribution in [1.82, 2.24) is 16.0 Å². The molecule has 2 aromatic rings. The van der Waals surface area contributed by atoms with Crippen molar-refractivity contribution in [1.29, 1.82) is 0 Å². The van der Waals surface area contributed by atoms with Gasteiger partial charge in [0.05, 0.1) is 13.2 Å². The van der Waals surface area contributed by atoms with E-state index >= 15 is 0 Å². The van der Waals surface area contributed by atoms with Gasteiger partial charge in [0.2, 0.25) is 11.8 Å². The second-order valence-electron chi connectivity index (χ2n) is 8.94. The highest BCUT2D eigenvalue weighted by atomic mass is 16.5. The Hall–Kier alpha value is -2.86. The Morgan fingerprint density at radius 3 is 2.38 bits per heavy atom. The van der Waals surface area contributed by atoms with Crippen molar-refractivity contribution in [2.24, 2.45) is 11.8 Å². The number of carbonyl (C=O) groups is 2. The fraction of sp³-hybridized carbons (Fsp3) is 0.462. The van der Waals surface area contributed by atoms with Crippen molar-refractivity contribution in [2.45, 2.75) is 51.2 Å². The van der Waals surface area contributed by atoms with Gasteiger partial charge in [0.1, 0.15) is 5.75 Å². The highest BCUT2D eigenvalue weighted by molar-refractivity contribution is 5.82. The van der Waals surface area contributed by atoms with E-state index in [9.17, 15) is 9.59 Å². The first kappa shape index (κ1) is 22.3. The van der Waals surface area contributed by atoms with E-state index in [1.54, 1.807) is 7.11 Å². The first-order chi connectivity index (χ1) is 15.6. The standard InChI is InChI=1S/C26H33N3O3/c1-32-23-12-8-19(9-13-23)15-28-25(30)20-10-6-18(7-11-20)16-29-26(31)24-14-21-4-2-3-5-22(21)17-27-24/h2-5,8-9,12-13,18,20,24,27H,6-7,10-11,14-17H2,1H3,(H,28,30)(H,29,31)/t18?,20?,24-/m0/s1. The van der Waals surface area contributed by atoms with E-state index in [1.807, 2.05) is 36.4 Å². The highest BCUT2D eigenvalue weighted by Gasteiger charge is 2.28. The number of hydrogen-bond donors (Lipinski definition) is 3. The van der Waals surface area contributed by atoms with Gasteiger partial charge in [0, 0.05) is 25.6 Å². The molecule has 1 aliphatic carbocycles. The van der Waals surface area contributed by atoms with Crippen LogP contribution in [0, 0.1) is 11.8 Å². The summed E-state index contributed by atoms with van der Waals surface area (Å²) in [5.74, 6) is 1.54. The molecule has 1 aliphatic heterocycles. The molecule has 0 bridgehead atoms. The average Bonchev–Trinajstić information content (AvgIpc) is 2.86. The van der Waals surface area contributed by atoms with Crippen molar-refractivity contribution in [3.63, 3.8) is 0 Å². The quantitative estimate of drug-likeness (QED) is 0.625. The predicted octanol–water partition coefficient (Wildman–Crippen LogP) is 2.95. The van der Waals surface area contributed by atoms with Crippen molar-refractivity contribution in [3.05, 3.63) is 65.2 Å². The Bertz CT molecular complexity index is 920. The zero-order valence-electron chi connectivity index (χ0n) is 18.7. The number of amides is 2. The summed E-state index contributed by atoms with van der Waals surface area (Å²) >= 11 is 0. The van der Waals surface area contributed by atoms with Crippen LogP contribution in [0.15, 0.2) is 48.5 Å². The van der Waals surface area contributed by atoms with Gasteiger partial charge in [-0.1, -0.05) is 36.4 Å². The summed E-state index contributed by atoms with van der Waals surface area (Å²) in [7, 11) is 1.64. The second kappa shape index (κ2) is 10.6. The zero-order valence-corrected chi connectivity index (χ0v) is 18.7. The lowest BCUT2D eigenvalue weighted by atomic mass is 9.81. The molecular weight excluding hydrogens is 402 g/mol. The Morgan fingerprint density at radius 2 is 1.66 bits per heavy atom.